The van der Waals surface area contributed by atoms with Crippen molar-refractivity contribution in [1.82, 2.24) is 0 Å². The fourth-order valence-electron chi connectivity index (χ4n) is 3.03. The summed E-state index contributed by atoms with van der Waals surface area (Å²) < 4.78 is 11.5. The zero-order chi connectivity index (χ0) is 21.0. The van der Waals surface area contributed by atoms with Gasteiger partial charge in [0.15, 0.2) is 0 Å². The first-order chi connectivity index (χ1) is 13.8. The Bertz CT molecular complexity index is 892. The molecule has 1 fully saturated rings. The third-order valence-electron chi connectivity index (χ3n) is 4.51. The molecule has 1 amide bonds. The van der Waals surface area contributed by atoms with Gasteiger partial charge in [-0.2, -0.15) is 0 Å². The van der Waals surface area contributed by atoms with Crippen molar-refractivity contribution in [3.63, 3.8) is 0 Å². The summed E-state index contributed by atoms with van der Waals surface area (Å²) in [5, 5.41) is 0. The number of amides is 1. The molecule has 2 aromatic rings. The van der Waals surface area contributed by atoms with Gasteiger partial charge >= 0.3 is 11.9 Å². The highest BCUT2D eigenvalue weighted by molar-refractivity contribution is 9.10. The molecule has 6 nitrogen and oxygen atoms in total. The first-order valence-corrected chi connectivity index (χ1v) is 10.2. The van der Waals surface area contributed by atoms with Crippen LogP contribution in [-0.2, 0) is 25.7 Å². The van der Waals surface area contributed by atoms with E-state index >= 15 is 0 Å². The zero-order valence-corrected chi connectivity index (χ0v) is 17.8. The molecule has 0 N–H and O–H groups in total. The second kappa shape index (κ2) is 9.22. The molecule has 7 heteroatoms. The molecule has 2 aromatic carbocycles. The summed E-state index contributed by atoms with van der Waals surface area (Å²) in [6.45, 7) is 3.99. The fraction of sp³-hybridized carbons (Fsp3) is 0.318. The van der Waals surface area contributed by atoms with E-state index in [9.17, 15) is 14.4 Å². The van der Waals surface area contributed by atoms with E-state index < -0.39 is 11.9 Å². The van der Waals surface area contributed by atoms with Crippen molar-refractivity contribution >= 4 is 39.5 Å². The second-order valence-electron chi connectivity index (χ2n) is 7.14. The topological polar surface area (TPSA) is 72.9 Å². The van der Waals surface area contributed by atoms with Gasteiger partial charge in [-0.1, -0.05) is 28.1 Å². The maximum Gasteiger partial charge on any atom is 0.338 e. The SMILES string of the molecule is CC(C)OC(=O)c1ccc(N2CC(C(=O)OCc3ccc(Br)cc3)CC2=O)cc1. The first-order valence-electron chi connectivity index (χ1n) is 9.36. The van der Waals surface area contributed by atoms with Crippen LogP contribution in [0.2, 0.25) is 0 Å². The van der Waals surface area contributed by atoms with Gasteiger partial charge in [0.05, 0.1) is 17.6 Å². The lowest BCUT2D eigenvalue weighted by molar-refractivity contribution is -0.149. The van der Waals surface area contributed by atoms with Gasteiger partial charge in [0.25, 0.3) is 0 Å². The molecule has 0 bridgehead atoms. The summed E-state index contributed by atoms with van der Waals surface area (Å²) >= 11 is 3.36. The highest BCUT2D eigenvalue weighted by Crippen LogP contribution is 2.26. The molecule has 1 aliphatic heterocycles. The molecular formula is C22H22BrNO5. The largest absolute Gasteiger partial charge is 0.461 e. The molecule has 1 saturated heterocycles. The minimum atomic E-state index is -0.511. The van der Waals surface area contributed by atoms with E-state index in [1.165, 1.54) is 0 Å². The molecule has 0 saturated carbocycles. The lowest BCUT2D eigenvalue weighted by Crippen LogP contribution is -2.26. The number of esters is 2. The number of carbonyl (C=O) groups excluding carboxylic acids is 3. The molecule has 1 atom stereocenters. The molecule has 1 unspecified atom stereocenters. The highest BCUT2D eigenvalue weighted by atomic mass is 79.9. The number of nitrogens with zero attached hydrogens (tertiary/aromatic N) is 1. The number of ether oxygens (including phenoxy) is 2. The summed E-state index contributed by atoms with van der Waals surface area (Å²) in [6, 6.07) is 14.1. The maximum absolute atomic E-state index is 12.4. The van der Waals surface area contributed by atoms with Gasteiger partial charge in [-0.3, -0.25) is 9.59 Å². The van der Waals surface area contributed by atoms with Gasteiger partial charge in [0, 0.05) is 23.1 Å². The molecule has 29 heavy (non-hydrogen) atoms. The first kappa shape index (κ1) is 21.0. The van der Waals surface area contributed by atoms with Gasteiger partial charge in [-0.25, -0.2) is 4.79 Å². The summed E-state index contributed by atoms with van der Waals surface area (Å²) in [5.74, 6) is -1.45. The number of benzene rings is 2. The number of hydrogen-bond acceptors (Lipinski definition) is 5. The van der Waals surface area contributed by atoms with Crippen molar-refractivity contribution in [2.45, 2.75) is 33.0 Å². The van der Waals surface area contributed by atoms with Gasteiger partial charge in [-0.05, 0) is 55.8 Å². The Morgan fingerprint density at radius 1 is 1.10 bits per heavy atom. The lowest BCUT2D eigenvalue weighted by atomic mass is 10.1. The standard InChI is InChI=1S/C22H22BrNO5/c1-14(2)29-22(27)16-5-9-19(10-6-16)24-12-17(11-20(24)25)21(26)28-13-15-3-7-18(23)8-4-15/h3-10,14,17H,11-13H2,1-2H3. The predicted octanol–water partition coefficient (Wildman–Crippen LogP) is 4.11. The number of halogens is 1. The monoisotopic (exact) mass is 459 g/mol. The van der Waals surface area contributed by atoms with Crippen LogP contribution in [0.5, 0.6) is 0 Å². The molecule has 1 aliphatic rings. The number of hydrogen-bond donors (Lipinski definition) is 0. The molecular weight excluding hydrogens is 438 g/mol. The summed E-state index contributed by atoms with van der Waals surface area (Å²) in [4.78, 5) is 38.2. The van der Waals surface area contributed by atoms with Gasteiger partial charge in [0.1, 0.15) is 6.61 Å². The van der Waals surface area contributed by atoms with E-state index in [-0.39, 0.29) is 37.6 Å². The molecule has 3 rings (SSSR count). The summed E-state index contributed by atoms with van der Waals surface area (Å²) in [7, 11) is 0. The van der Waals surface area contributed by atoms with E-state index in [0.29, 0.717) is 11.3 Å². The van der Waals surface area contributed by atoms with E-state index in [0.717, 1.165) is 10.0 Å². The number of carbonyl (C=O) groups is 3. The van der Waals surface area contributed by atoms with E-state index in [1.54, 1.807) is 43.0 Å². The van der Waals surface area contributed by atoms with Crippen molar-refractivity contribution in [3.05, 3.63) is 64.1 Å². The Balaban J connectivity index is 1.58. The van der Waals surface area contributed by atoms with Gasteiger partial charge in [-0.15, -0.1) is 0 Å². The minimum absolute atomic E-state index is 0.107. The Hall–Kier alpha value is -2.67. The van der Waals surface area contributed by atoms with Crippen molar-refractivity contribution in [1.29, 1.82) is 0 Å². The Morgan fingerprint density at radius 3 is 2.38 bits per heavy atom. The van der Waals surface area contributed by atoms with Crippen LogP contribution < -0.4 is 4.90 Å². The van der Waals surface area contributed by atoms with Crippen molar-refractivity contribution < 1.29 is 23.9 Å². The molecule has 152 valence electrons. The van der Waals surface area contributed by atoms with Crippen molar-refractivity contribution in [3.8, 4) is 0 Å². The molecule has 0 radical (unpaired) electrons. The normalized spacial score (nSPS) is 16.2. The Kier molecular flexibility index (Phi) is 6.69. The van der Waals surface area contributed by atoms with E-state index in [4.69, 9.17) is 9.47 Å². The maximum atomic E-state index is 12.4. The average Bonchev–Trinajstić information content (AvgIpc) is 3.08. The number of anilines is 1. The van der Waals surface area contributed by atoms with E-state index in [2.05, 4.69) is 15.9 Å². The average molecular weight is 460 g/mol. The molecule has 0 spiro atoms. The zero-order valence-electron chi connectivity index (χ0n) is 16.3. The van der Waals surface area contributed by atoms with Crippen molar-refractivity contribution in [2.75, 3.05) is 11.4 Å². The van der Waals surface area contributed by atoms with E-state index in [1.807, 2.05) is 24.3 Å². The van der Waals surface area contributed by atoms with Gasteiger partial charge in [0.2, 0.25) is 5.91 Å². The van der Waals surface area contributed by atoms with Crippen LogP contribution in [0.4, 0.5) is 5.69 Å². The molecule has 0 aliphatic carbocycles. The molecule has 1 heterocycles. The third kappa shape index (κ3) is 5.44. The van der Waals surface area contributed by atoms with Crippen LogP contribution >= 0.6 is 15.9 Å². The van der Waals surface area contributed by atoms with Crippen LogP contribution in [0.15, 0.2) is 53.0 Å². The fourth-order valence-corrected chi connectivity index (χ4v) is 3.29. The quantitative estimate of drug-likeness (QED) is 0.607. The predicted molar refractivity (Wildman–Crippen MR) is 111 cm³/mol. The second-order valence-corrected chi connectivity index (χ2v) is 8.06. The van der Waals surface area contributed by atoms with Crippen LogP contribution in [0.3, 0.4) is 0 Å². The van der Waals surface area contributed by atoms with Gasteiger partial charge < -0.3 is 14.4 Å². The Labute approximate surface area is 177 Å². The van der Waals surface area contributed by atoms with Crippen molar-refractivity contribution in [2.24, 2.45) is 5.92 Å². The van der Waals surface area contributed by atoms with Crippen LogP contribution in [0.1, 0.15) is 36.2 Å². The van der Waals surface area contributed by atoms with Crippen LogP contribution in [-0.4, -0.2) is 30.5 Å². The third-order valence-corrected chi connectivity index (χ3v) is 5.04. The smallest absolute Gasteiger partial charge is 0.338 e. The summed E-state index contributed by atoms with van der Waals surface area (Å²) in [5.41, 5.74) is 1.94. The Morgan fingerprint density at radius 2 is 1.76 bits per heavy atom. The summed E-state index contributed by atoms with van der Waals surface area (Å²) in [6.07, 6.45) is -0.0948. The van der Waals surface area contributed by atoms with Crippen LogP contribution in [0, 0.1) is 5.92 Å². The highest BCUT2D eigenvalue weighted by Gasteiger charge is 2.36. The lowest BCUT2D eigenvalue weighted by Gasteiger charge is -2.17. The van der Waals surface area contributed by atoms with Crippen LogP contribution in [0.25, 0.3) is 0 Å². The molecule has 0 aromatic heterocycles. The number of rotatable bonds is 6. The minimum Gasteiger partial charge on any atom is -0.461 e.